The summed E-state index contributed by atoms with van der Waals surface area (Å²) in [6.45, 7) is 0.463. The molecule has 1 amide bonds. The summed E-state index contributed by atoms with van der Waals surface area (Å²) >= 11 is 2.73. The van der Waals surface area contributed by atoms with Gasteiger partial charge in [-0.2, -0.15) is 0 Å². The lowest BCUT2D eigenvalue weighted by atomic mass is 10.2. The fourth-order valence-corrected chi connectivity index (χ4v) is 3.83. The van der Waals surface area contributed by atoms with E-state index >= 15 is 0 Å². The molecule has 3 N–H and O–H groups in total. The lowest BCUT2D eigenvalue weighted by Gasteiger charge is -2.22. The van der Waals surface area contributed by atoms with E-state index in [1.807, 2.05) is 41.8 Å². The molecular formula is C18H18N4O3S2. The minimum absolute atomic E-state index is 0.108. The van der Waals surface area contributed by atoms with E-state index in [-0.39, 0.29) is 23.0 Å². The van der Waals surface area contributed by atoms with Crippen molar-refractivity contribution in [1.29, 1.82) is 0 Å². The molecule has 0 aliphatic rings. The van der Waals surface area contributed by atoms with Crippen LogP contribution >= 0.6 is 23.1 Å². The zero-order valence-electron chi connectivity index (χ0n) is 14.5. The predicted molar refractivity (Wildman–Crippen MR) is 108 cm³/mol. The summed E-state index contributed by atoms with van der Waals surface area (Å²) in [6.07, 6.45) is 0. The third-order valence-corrected chi connectivity index (χ3v) is 5.37. The van der Waals surface area contributed by atoms with Crippen LogP contribution in [0.25, 0.3) is 0 Å². The lowest BCUT2D eigenvalue weighted by molar-refractivity contribution is -0.116. The van der Waals surface area contributed by atoms with Crippen molar-refractivity contribution >= 4 is 40.5 Å². The zero-order chi connectivity index (χ0) is 19.2. The molecular weight excluding hydrogens is 384 g/mol. The molecule has 7 nitrogen and oxygen atoms in total. The van der Waals surface area contributed by atoms with E-state index in [2.05, 4.69) is 9.97 Å². The van der Waals surface area contributed by atoms with Crippen LogP contribution in [0.3, 0.4) is 0 Å². The van der Waals surface area contributed by atoms with Gasteiger partial charge in [-0.05, 0) is 35.7 Å². The maximum Gasteiger partial charge on any atom is 0.253 e. The number of aromatic amines is 1. The number of thioether (sulfide) groups is 1. The van der Waals surface area contributed by atoms with Crippen molar-refractivity contribution in [3.05, 3.63) is 63.1 Å². The van der Waals surface area contributed by atoms with E-state index in [0.29, 0.717) is 11.7 Å². The third-order valence-electron chi connectivity index (χ3n) is 3.65. The number of nitrogens with one attached hydrogen (secondary N) is 1. The molecule has 0 fully saturated rings. The molecule has 0 bridgehead atoms. The highest BCUT2D eigenvalue weighted by molar-refractivity contribution is 7.99. The molecule has 0 atom stereocenters. The number of anilines is 2. The molecule has 2 heterocycles. The Labute approximate surface area is 164 Å². The number of ether oxygens (including phenoxy) is 1. The summed E-state index contributed by atoms with van der Waals surface area (Å²) in [4.78, 5) is 33.8. The van der Waals surface area contributed by atoms with Crippen LogP contribution < -0.4 is 20.9 Å². The number of thiophene rings is 1. The van der Waals surface area contributed by atoms with Crippen molar-refractivity contribution in [2.24, 2.45) is 0 Å². The van der Waals surface area contributed by atoms with Crippen molar-refractivity contribution in [2.45, 2.75) is 11.7 Å². The standard InChI is InChI=1S/C18H18N4O3S2/c1-25-13-6-4-12(5-7-13)22(10-14-3-2-8-26-14)17(24)11-27-18-20-15(19)9-16(23)21-18/h2-9H,10-11H2,1H3,(H3,19,20,21,23). The van der Waals surface area contributed by atoms with E-state index < -0.39 is 0 Å². The number of hydrogen-bond donors (Lipinski definition) is 2. The SMILES string of the molecule is COc1ccc(N(Cc2cccs2)C(=O)CSc2nc(N)cc(=O)[nH]2)cc1. The Morgan fingerprint density at radius 2 is 2.11 bits per heavy atom. The first-order valence-corrected chi connectivity index (χ1v) is 9.88. The molecule has 0 saturated carbocycles. The van der Waals surface area contributed by atoms with Crippen molar-refractivity contribution in [3.63, 3.8) is 0 Å². The normalized spacial score (nSPS) is 10.6. The minimum atomic E-state index is -0.344. The van der Waals surface area contributed by atoms with Crippen LogP contribution in [0.4, 0.5) is 11.5 Å². The summed E-state index contributed by atoms with van der Waals surface area (Å²) in [6, 6.07) is 12.4. The lowest BCUT2D eigenvalue weighted by Crippen LogP contribution is -2.31. The van der Waals surface area contributed by atoms with Gasteiger partial charge >= 0.3 is 0 Å². The number of benzene rings is 1. The van der Waals surface area contributed by atoms with E-state index in [0.717, 1.165) is 28.1 Å². The Balaban J connectivity index is 1.78. The summed E-state index contributed by atoms with van der Waals surface area (Å²) < 4.78 is 5.18. The van der Waals surface area contributed by atoms with Crippen LogP contribution in [0, 0.1) is 0 Å². The molecule has 0 aliphatic carbocycles. The molecule has 0 spiro atoms. The van der Waals surface area contributed by atoms with Crippen molar-refractivity contribution in [2.75, 3.05) is 23.5 Å². The first-order chi connectivity index (χ1) is 13.0. The number of rotatable bonds is 7. The van der Waals surface area contributed by atoms with Crippen molar-refractivity contribution in [3.8, 4) is 5.75 Å². The van der Waals surface area contributed by atoms with Crippen molar-refractivity contribution < 1.29 is 9.53 Å². The summed E-state index contributed by atoms with van der Waals surface area (Å²) in [5.41, 5.74) is 6.01. The third kappa shape index (κ3) is 5.11. The van der Waals surface area contributed by atoms with E-state index in [9.17, 15) is 9.59 Å². The molecule has 0 radical (unpaired) electrons. The van der Waals surface area contributed by atoms with Gasteiger partial charge in [0.2, 0.25) is 5.91 Å². The second-order valence-electron chi connectivity index (χ2n) is 5.52. The number of nitrogens with two attached hydrogens (primary N) is 1. The number of nitrogens with zero attached hydrogens (tertiary/aromatic N) is 2. The molecule has 0 aliphatic heterocycles. The van der Waals surface area contributed by atoms with E-state index in [4.69, 9.17) is 10.5 Å². The number of carbonyl (C=O) groups is 1. The summed E-state index contributed by atoms with van der Waals surface area (Å²) in [5.74, 6) is 0.852. The van der Waals surface area contributed by atoms with Crippen molar-refractivity contribution in [1.82, 2.24) is 9.97 Å². The molecule has 140 valence electrons. The van der Waals surface area contributed by atoms with Crippen LogP contribution in [-0.2, 0) is 11.3 Å². The fraction of sp³-hybridized carbons (Fsp3) is 0.167. The van der Waals surface area contributed by atoms with Gasteiger partial charge in [0.15, 0.2) is 5.16 Å². The first kappa shape index (κ1) is 19.0. The highest BCUT2D eigenvalue weighted by Gasteiger charge is 2.18. The first-order valence-electron chi connectivity index (χ1n) is 8.01. The summed E-state index contributed by atoms with van der Waals surface area (Å²) in [7, 11) is 1.60. The molecule has 2 aromatic heterocycles. The van der Waals surface area contributed by atoms with Gasteiger partial charge in [0.25, 0.3) is 5.56 Å². The monoisotopic (exact) mass is 402 g/mol. The molecule has 0 saturated heterocycles. The topological polar surface area (TPSA) is 101 Å². The molecule has 0 unspecified atom stereocenters. The molecule has 1 aromatic carbocycles. The summed E-state index contributed by atoms with van der Waals surface area (Å²) in [5, 5.41) is 2.29. The average Bonchev–Trinajstić information content (AvgIpc) is 3.17. The minimum Gasteiger partial charge on any atom is -0.497 e. The zero-order valence-corrected chi connectivity index (χ0v) is 16.2. The van der Waals surface area contributed by atoms with Gasteiger partial charge in [0.05, 0.1) is 19.4 Å². The maximum absolute atomic E-state index is 12.9. The average molecular weight is 403 g/mol. The molecule has 9 heteroatoms. The van der Waals surface area contributed by atoms with Crippen LogP contribution in [0.1, 0.15) is 4.88 Å². The van der Waals surface area contributed by atoms with Gasteiger partial charge < -0.3 is 20.4 Å². The Morgan fingerprint density at radius 1 is 1.33 bits per heavy atom. The highest BCUT2D eigenvalue weighted by atomic mass is 32.2. The number of nitrogen functional groups attached to an aromatic ring is 1. The van der Waals surface area contributed by atoms with Gasteiger partial charge in [0, 0.05) is 16.6 Å². The molecule has 27 heavy (non-hydrogen) atoms. The second kappa shape index (κ2) is 8.74. The Kier molecular flexibility index (Phi) is 6.15. The van der Waals surface area contributed by atoms with Gasteiger partial charge in [-0.1, -0.05) is 17.8 Å². The quantitative estimate of drug-likeness (QED) is 0.465. The Bertz CT molecular complexity index is 955. The van der Waals surface area contributed by atoms with E-state index in [1.54, 1.807) is 23.3 Å². The Hall–Kier alpha value is -2.78. The van der Waals surface area contributed by atoms with Crippen LogP contribution in [-0.4, -0.2) is 28.7 Å². The number of hydrogen-bond acceptors (Lipinski definition) is 7. The van der Waals surface area contributed by atoms with Crippen LogP contribution in [0.2, 0.25) is 0 Å². The highest BCUT2D eigenvalue weighted by Crippen LogP contribution is 2.24. The van der Waals surface area contributed by atoms with Crippen LogP contribution in [0.15, 0.2) is 57.8 Å². The van der Waals surface area contributed by atoms with Gasteiger partial charge in [-0.3, -0.25) is 9.59 Å². The fourth-order valence-electron chi connectivity index (χ4n) is 2.37. The molecule has 3 aromatic rings. The van der Waals surface area contributed by atoms with Gasteiger partial charge in [-0.25, -0.2) is 4.98 Å². The Morgan fingerprint density at radius 3 is 2.74 bits per heavy atom. The molecule has 3 rings (SSSR count). The number of H-pyrrole nitrogens is 1. The predicted octanol–water partition coefficient (Wildman–Crippen LogP) is 2.75. The number of methoxy groups -OCH3 is 1. The smallest absolute Gasteiger partial charge is 0.253 e. The van der Waals surface area contributed by atoms with Crippen LogP contribution in [0.5, 0.6) is 5.75 Å². The van der Waals surface area contributed by atoms with Gasteiger partial charge in [0.1, 0.15) is 11.6 Å². The maximum atomic E-state index is 12.9. The van der Waals surface area contributed by atoms with E-state index in [1.165, 1.54) is 6.07 Å². The second-order valence-corrected chi connectivity index (χ2v) is 7.52. The number of amides is 1. The van der Waals surface area contributed by atoms with Gasteiger partial charge in [-0.15, -0.1) is 11.3 Å². The number of aromatic nitrogens is 2. The largest absolute Gasteiger partial charge is 0.497 e. The number of carbonyl (C=O) groups excluding carboxylic acids is 1.